The minimum atomic E-state index is -1.76. The smallest absolute Gasteiger partial charge is 0.303 e. The van der Waals surface area contributed by atoms with Gasteiger partial charge in [-0.15, -0.1) is 0 Å². The lowest BCUT2D eigenvalue weighted by atomic mass is 9.96. The monoisotopic (exact) mass is 804 g/mol. The van der Waals surface area contributed by atoms with Gasteiger partial charge >= 0.3 is 41.8 Å². The SMILES string of the molecule is CCCCCCCCCCCCOC1O[C@H](COC(C)=O)[C@@H](OC2O[C@H](COC(C)=O)[C@H](OC(C)=O)[C@H](OC(C)=O)[C@H]2OC(C)=O)[C@H](OC(C)=O)[C@H]1OC(C)=O. The zero-order valence-corrected chi connectivity index (χ0v) is 33.8. The van der Waals surface area contributed by atoms with Crippen LogP contribution in [0.1, 0.15) is 120 Å². The Morgan fingerprint density at radius 2 is 0.768 bits per heavy atom. The molecule has 0 bridgehead atoms. The molecule has 0 amide bonds. The Kier molecular flexibility index (Phi) is 21.9. The molecule has 2 fully saturated rings. The van der Waals surface area contributed by atoms with Crippen LogP contribution in [-0.2, 0) is 85.7 Å². The average Bonchev–Trinajstić information content (AvgIpc) is 3.09. The van der Waals surface area contributed by atoms with Crippen molar-refractivity contribution in [3.05, 3.63) is 0 Å². The largest absolute Gasteiger partial charge is 0.463 e. The van der Waals surface area contributed by atoms with Crippen LogP contribution < -0.4 is 0 Å². The number of ether oxygens (including phenoxy) is 11. The van der Waals surface area contributed by atoms with Gasteiger partial charge in [-0.1, -0.05) is 64.7 Å². The molecule has 2 heterocycles. The van der Waals surface area contributed by atoms with Crippen molar-refractivity contribution in [3.63, 3.8) is 0 Å². The van der Waals surface area contributed by atoms with Crippen LogP contribution in [0.25, 0.3) is 0 Å². The van der Waals surface area contributed by atoms with E-state index in [1.165, 1.54) is 32.1 Å². The summed E-state index contributed by atoms with van der Waals surface area (Å²) in [6.45, 7) is 9.01. The molecule has 56 heavy (non-hydrogen) atoms. The third-order valence-corrected chi connectivity index (χ3v) is 8.67. The number of hydrogen-bond donors (Lipinski definition) is 0. The number of hydrogen-bond acceptors (Lipinski definition) is 18. The lowest BCUT2D eigenvalue weighted by Crippen LogP contribution is -2.67. The summed E-state index contributed by atoms with van der Waals surface area (Å²) < 4.78 is 62.9. The Balaban J connectivity index is 2.48. The molecule has 0 saturated carbocycles. The predicted octanol–water partition coefficient (Wildman–Crippen LogP) is 3.54. The fourth-order valence-electron chi connectivity index (χ4n) is 6.40. The topological polar surface area (TPSA) is 221 Å². The van der Waals surface area contributed by atoms with Crippen molar-refractivity contribution < 1.29 is 85.7 Å². The van der Waals surface area contributed by atoms with Gasteiger partial charge in [0.05, 0.1) is 0 Å². The molecule has 2 saturated heterocycles. The van der Waals surface area contributed by atoms with E-state index in [0.29, 0.717) is 6.42 Å². The molecule has 0 aromatic rings. The minimum Gasteiger partial charge on any atom is -0.463 e. The van der Waals surface area contributed by atoms with Crippen LogP contribution in [0, 0.1) is 0 Å². The standard InChI is InChI=1S/C38H60O18/c1-9-10-11-12-13-14-15-16-17-18-19-46-37-35(52-27(7)44)34(51-26(6)43)32(30(54-37)21-48-23(3)40)56-38-36(53-28(8)45)33(50-25(5)42)31(49-24(4)41)29(55-38)20-47-22(2)39/h29-38H,9-21H2,1-8H3/t29-,30-,31+,32-,33+,34+,35-,36-,37?,38?/m1/s1. The second-order valence-electron chi connectivity index (χ2n) is 13.7. The zero-order valence-electron chi connectivity index (χ0n) is 33.8. The summed E-state index contributed by atoms with van der Waals surface area (Å²) in [7, 11) is 0. The van der Waals surface area contributed by atoms with Gasteiger partial charge < -0.3 is 52.1 Å². The van der Waals surface area contributed by atoms with Crippen LogP contribution in [0.3, 0.4) is 0 Å². The van der Waals surface area contributed by atoms with Crippen molar-refractivity contribution in [3.8, 4) is 0 Å². The quantitative estimate of drug-likeness (QED) is 0.0819. The van der Waals surface area contributed by atoms with Crippen molar-refractivity contribution >= 4 is 41.8 Å². The summed E-state index contributed by atoms with van der Waals surface area (Å²) in [5, 5.41) is 0. The molecule has 2 unspecified atom stereocenters. The van der Waals surface area contributed by atoms with Gasteiger partial charge in [0.25, 0.3) is 0 Å². The van der Waals surface area contributed by atoms with Gasteiger partial charge in [0.2, 0.25) is 0 Å². The Bertz CT molecular complexity index is 1290. The van der Waals surface area contributed by atoms with Crippen molar-refractivity contribution in [2.45, 2.75) is 181 Å². The first-order chi connectivity index (χ1) is 26.5. The van der Waals surface area contributed by atoms with Gasteiger partial charge in [-0.3, -0.25) is 33.6 Å². The average molecular weight is 805 g/mol. The van der Waals surface area contributed by atoms with Gasteiger partial charge in [-0.05, 0) is 6.42 Å². The second-order valence-corrected chi connectivity index (χ2v) is 13.7. The van der Waals surface area contributed by atoms with Crippen molar-refractivity contribution in [2.75, 3.05) is 19.8 Å². The number of carbonyl (C=O) groups excluding carboxylic acids is 7. The van der Waals surface area contributed by atoms with Crippen LogP contribution in [0.2, 0.25) is 0 Å². The Morgan fingerprint density at radius 1 is 0.411 bits per heavy atom. The third-order valence-electron chi connectivity index (χ3n) is 8.67. The van der Waals surface area contributed by atoms with Gasteiger partial charge in [0.1, 0.15) is 31.5 Å². The molecule has 0 N–H and O–H groups in total. The summed E-state index contributed by atoms with van der Waals surface area (Å²) >= 11 is 0. The summed E-state index contributed by atoms with van der Waals surface area (Å²) in [5.74, 6) is -5.65. The molecular formula is C38H60O18. The molecule has 0 radical (unpaired) electrons. The van der Waals surface area contributed by atoms with Gasteiger partial charge in [0.15, 0.2) is 43.1 Å². The van der Waals surface area contributed by atoms with E-state index in [0.717, 1.165) is 74.1 Å². The highest BCUT2D eigenvalue weighted by molar-refractivity contribution is 5.69. The first-order valence-corrected chi connectivity index (χ1v) is 19.2. The molecule has 18 heteroatoms. The van der Waals surface area contributed by atoms with E-state index in [4.69, 9.17) is 52.1 Å². The Labute approximate surface area is 328 Å². The molecule has 10 atom stereocenters. The van der Waals surface area contributed by atoms with E-state index in [1.54, 1.807) is 0 Å². The predicted molar refractivity (Wildman–Crippen MR) is 191 cm³/mol. The van der Waals surface area contributed by atoms with Crippen LogP contribution in [0.5, 0.6) is 0 Å². The van der Waals surface area contributed by atoms with Gasteiger partial charge in [-0.2, -0.15) is 0 Å². The second kappa shape index (κ2) is 25.4. The third kappa shape index (κ3) is 17.5. The lowest BCUT2D eigenvalue weighted by molar-refractivity contribution is -0.361. The molecule has 18 nitrogen and oxygen atoms in total. The van der Waals surface area contributed by atoms with Crippen LogP contribution in [0.15, 0.2) is 0 Å². The summed E-state index contributed by atoms with van der Waals surface area (Å²) in [4.78, 5) is 85.9. The maximum absolute atomic E-state index is 12.6. The summed E-state index contributed by atoms with van der Waals surface area (Å²) in [6, 6.07) is 0. The normalized spacial score (nSPS) is 27.3. The fraction of sp³-hybridized carbons (Fsp3) is 0.816. The molecule has 2 rings (SSSR count). The van der Waals surface area contributed by atoms with Crippen molar-refractivity contribution in [1.29, 1.82) is 0 Å². The molecule has 0 aromatic heterocycles. The fourth-order valence-corrected chi connectivity index (χ4v) is 6.40. The highest BCUT2D eigenvalue weighted by Gasteiger charge is 2.57. The molecule has 0 spiro atoms. The first-order valence-electron chi connectivity index (χ1n) is 19.2. The molecule has 0 aromatic carbocycles. The number of unbranched alkanes of at least 4 members (excludes halogenated alkanes) is 9. The highest BCUT2D eigenvalue weighted by Crippen LogP contribution is 2.35. The van der Waals surface area contributed by atoms with Crippen LogP contribution >= 0.6 is 0 Å². The minimum absolute atomic E-state index is 0.178. The van der Waals surface area contributed by atoms with E-state index in [2.05, 4.69) is 6.92 Å². The first kappa shape index (κ1) is 48.3. The van der Waals surface area contributed by atoms with Crippen molar-refractivity contribution in [1.82, 2.24) is 0 Å². The highest BCUT2D eigenvalue weighted by atomic mass is 16.8. The number of esters is 7. The van der Waals surface area contributed by atoms with Gasteiger partial charge in [-0.25, -0.2) is 0 Å². The van der Waals surface area contributed by atoms with Gasteiger partial charge in [0, 0.05) is 55.1 Å². The molecule has 2 aliphatic heterocycles. The molecule has 320 valence electrons. The van der Waals surface area contributed by atoms with Crippen LogP contribution in [-0.4, -0.2) is 123 Å². The van der Waals surface area contributed by atoms with Crippen LogP contribution in [0.4, 0.5) is 0 Å². The van der Waals surface area contributed by atoms with E-state index in [1.807, 2.05) is 0 Å². The lowest BCUT2D eigenvalue weighted by Gasteiger charge is -2.48. The van der Waals surface area contributed by atoms with E-state index < -0.39 is 116 Å². The molecular weight excluding hydrogens is 744 g/mol. The summed E-state index contributed by atoms with van der Waals surface area (Å²) in [6.07, 6.45) is -4.18. The molecule has 2 aliphatic rings. The zero-order chi connectivity index (χ0) is 41.8. The van der Waals surface area contributed by atoms with E-state index in [9.17, 15) is 33.6 Å². The maximum atomic E-state index is 12.6. The maximum Gasteiger partial charge on any atom is 0.303 e. The Hall–Kier alpha value is -3.87. The van der Waals surface area contributed by atoms with Crippen molar-refractivity contribution in [2.24, 2.45) is 0 Å². The number of carbonyl (C=O) groups is 7. The van der Waals surface area contributed by atoms with E-state index in [-0.39, 0.29) is 6.61 Å². The summed E-state index contributed by atoms with van der Waals surface area (Å²) in [5.41, 5.74) is 0. The van der Waals surface area contributed by atoms with E-state index >= 15 is 0 Å². The molecule has 0 aliphatic carbocycles. The Morgan fingerprint density at radius 3 is 1.21 bits per heavy atom. The number of rotatable bonds is 23.